The van der Waals surface area contributed by atoms with Crippen molar-refractivity contribution in [1.82, 2.24) is 4.57 Å². The Labute approximate surface area is 200 Å². The lowest BCUT2D eigenvalue weighted by atomic mass is 9.79. The Hall–Kier alpha value is -2.85. The van der Waals surface area contributed by atoms with Crippen molar-refractivity contribution in [3.8, 4) is 5.75 Å². The van der Waals surface area contributed by atoms with Crippen molar-refractivity contribution < 1.29 is 4.74 Å². The summed E-state index contributed by atoms with van der Waals surface area (Å²) < 4.78 is 7.97. The topological polar surface area (TPSA) is 17.4 Å². The summed E-state index contributed by atoms with van der Waals surface area (Å²) in [7, 11) is 1.75. The average molecular weight is 455 g/mol. The first kappa shape index (κ1) is 20.7. The lowest BCUT2D eigenvalue weighted by Crippen LogP contribution is -2.48. The quantitative estimate of drug-likeness (QED) is 0.328. The molecule has 3 heterocycles. The molecule has 0 aliphatic carbocycles. The van der Waals surface area contributed by atoms with Crippen LogP contribution >= 0.6 is 11.8 Å². The van der Waals surface area contributed by atoms with Gasteiger partial charge in [0.2, 0.25) is 0 Å². The highest BCUT2D eigenvalue weighted by Gasteiger charge is 2.58. The van der Waals surface area contributed by atoms with Crippen LogP contribution in [0.25, 0.3) is 27.9 Å². The molecule has 2 aliphatic rings. The van der Waals surface area contributed by atoms with Gasteiger partial charge < -0.3 is 14.2 Å². The molecule has 0 bridgehead atoms. The molecule has 6 rings (SSSR count). The fourth-order valence-electron chi connectivity index (χ4n) is 6.00. The number of thioether (sulfide) groups is 1. The van der Waals surface area contributed by atoms with Gasteiger partial charge in [-0.2, -0.15) is 0 Å². The second-order valence-corrected chi connectivity index (χ2v) is 10.9. The number of hydrogen-bond acceptors (Lipinski definition) is 3. The Balaban J connectivity index is 1.45. The molecule has 168 valence electrons. The molecule has 0 N–H and O–H groups in total. The van der Waals surface area contributed by atoms with Crippen molar-refractivity contribution in [1.29, 1.82) is 0 Å². The molecule has 2 aliphatic heterocycles. The first-order valence-corrected chi connectivity index (χ1v) is 12.8. The second-order valence-electron chi connectivity index (χ2n) is 9.58. The molecule has 1 unspecified atom stereocenters. The number of hydrogen-bond donors (Lipinski definition) is 0. The van der Waals surface area contributed by atoms with Crippen molar-refractivity contribution in [2.45, 2.75) is 37.6 Å². The van der Waals surface area contributed by atoms with Crippen molar-refractivity contribution >= 4 is 45.3 Å². The van der Waals surface area contributed by atoms with Gasteiger partial charge in [-0.05, 0) is 60.5 Å². The van der Waals surface area contributed by atoms with E-state index in [2.05, 4.69) is 115 Å². The minimum absolute atomic E-state index is 0.0309. The summed E-state index contributed by atoms with van der Waals surface area (Å²) in [5.41, 5.74) is 6.57. The largest absolute Gasteiger partial charge is 0.497 e. The van der Waals surface area contributed by atoms with Crippen LogP contribution in [-0.4, -0.2) is 28.8 Å². The Morgan fingerprint density at radius 1 is 1.00 bits per heavy atom. The first-order chi connectivity index (χ1) is 16.0. The summed E-state index contributed by atoms with van der Waals surface area (Å²) >= 11 is 2.06. The zero-order valence-corrected chi connectivity index (χ0v) is 20.6. The van der Waals surface area contributed by atoms with Gasteiger partial charge in [0.25, 0.3) is 0 Å². The Bertz CT molecular complexity index is 1420. The minimum Gasteiger partial charge on any atom is -0.497 e. The predicted molar refractivity (Wildman–Crippen MR) is 143 cm³/mol. The van der Waals surface area contributed by atoms with Crippen LogP contribution in [-0.2, 0) is 12.0 Å². The number of aromatic nitrogens is 1. The molecule has 1 saturated heterocycles. The maximum Gasteiger partial charge on any atom is 0.119 e. The van der Waals surface area contributed by atoms with Crippen molar-refractivity contribution in [3.63, 3.8) is 0 Å². The number of anilines is 1. The molecule has 0 saturated carbocycles. The number of benzene rings is 3. The molecule has 1 aromatic heterocycles. The molecule has 1 fully saturated rings. The number of methoxy groups -OCH3 is 1. The average Bonchev–Trinajstić information content (AvgIpc) is 3.46. The third-order valence-corrected chi connectivity index (χ3v) is 9.41. The lowest BCUT2D eigenvalue weighted by Gasteiger charge is -2.40. The van der Waals surface area contributed by atoms with E-state index in [0.29, 0.717) is 0 Å². The van der Waals surface area contributed by atoms with Crippen molar-refractivity contribution in [2.24, 2.45) is 0 Å². The van der Waals surface area contributed by atoms with E-state index >= 15 is 0 Å². The molecule has 1 atom stereocenters. The van der Waals surface area contributed by atoms with E-state index in [0.717, 1.165) is 24.6 Å². The summed E-state index contributed by atoms with van der Waals surface area (Å²) in [6, 6.07) is 22.2. The minimum atomic E-state index is -0.0892. The fraction of sp³-hybridized carbons (Fsp3) is 0.310. The van der Waals surface area contributed by atoms with Crippen molar-refractivity contribution in [3.05, 3.63) is 77.9 Å². The number of fused-ring (bicyclic) bond motifs is 6. The summed E-state index contributed by atoms with van der Waals surface area (Å²) in [5, 5.41) is 2.67. The van der Waals surface area contributed by atoms with Gasteiger partial charge in [-0.1, -0.05) is 44.2 Å². The maximum atomic E-state index is 5.56. The molecule has 3 aromatic carbocycles. The van der Waals surface area contributed by atoms with Gasteiger partial charge in [0, 0.05) is 51.8 Å². The Kier molecular flexibility index (Phi) is 4.60. The number of aryl methyl sites for hydroxylation is 1. The van der Waals surface area contributed by atoms with Crippen LogP contribution in [0.4, 0.5) is 5.69 Å². The van der Waals surface area contributed by atoms with E-state index in [1.807, 2.05) is 0 Å². The number of rotatable bonds is 4. The third kappa shape index (κ3) is 2.77. The molecule has 0 amide bonds. The van der Waals surface area contributed by atoms with E-state index in [9.17, 15) is 0 Å². The van der Waals surface area contributed by atoms with Crippen molar-refractivity contribution in [2.75, 3.05) is 24.3 Å². The van der Waals surface area contributed by atoms with Crippen LogP contribution in [0, 0.1) is 0 Å². The van der Waals surface area contributed by atoms with E-state index in [1.54, 1.807) is 7.11 Å². The van der Waals surface area contributed by atoms with Crippen LogP contribution < -0.4 is 9.64 Å². The number of para-hydroxylation sites is 1. The predicted octanol–water partition coefficient (Wildman–Crippen LogP) is 7.08. The van der Waals surface area contributed by atoms with Crippen LogP contribution in [0.3, 0.4) is 0 Å². The van der Waals surface area contributed by atoms with Gasteiger partial charge in [-0.25, -0.2) is 0 Å². The zero-order chi connectivity index (χ0) is 22.8. The number of ether oxygens (including phenoxy) is 1. The second kappa shape index (κ2) is 7.33. The van der Waals surface area contributed by atoms with E-state index in [4.69, 9.17) is 4.74 Å². The van der Waals surface area contributed by atoms with Crippen LogP contribution in [0.5, 0.6) is 5.75 Å². The van der Waals surface area contributed by atoms with Gasteiger partial charge in [0.15, 0.2) is 0 Å². The van der Waals surface area contributed by atoms with E-state index in [1.165, 1.54) is 38.6 Å². The Morgan fingerprint density at radius 3 is 2.64 bits per heavy atom. The Morgan fingerprint density at radius 2 is 1.82 bits per heavy atom. The third-order valence-electron chi connectivity index (χ3n) is 7.72. The molecular weight excluding hydrogens is 424 g/mol. The smallest absolute Gasteiger partial charge is 0.119 e. The van der Waals surface area contributed by atoms with Gasteiger partial charge in [-0.3, -0.25) is 0 Å². The lowest BCUT2D eigenvalue weighted by molar-refractivity contribution is 0.410. The van der Waals surface area contributed by atoms with Gasteiger partial charge >= 0.3 is 0 Å². The molecule has 4 heteroatoms. The molecule has 0 spiro atoms. The van der Waals surface area contributed by atoms with E-state index in [-0.39, 0.29) is 10.3 Å². The zero-order valence-electron chi connectivity index (χ0n) is 19.8. The van der Waals surface area contributed by atoms with Gasteiger partial charge in [-0.15, -0.1) is 11.8 Å². The maximum absolute atomic E-state index is 5.56. The van der Waals surface area contributed by atoms with E-state index < -0.39 is 0 Å². The summed E-state index contributed by atoms with van der Waals surface area (Å²) in [6.07, 6.45) is 4.80. The molecular formula is C29H30N2OS. The van der Waals surface area contributed by atoms with Crippen LogP contribution in [0.15, 0.2) is 66.7 Å². The highest BCUT2D eigenvalue weighted by molar-refractivity contribution is 8.01. The standard InChI is InChI=1S/C29H30N2OS/c1-5-30-25-9-7-6-8-22(25)23-18-20(10-12-26(23)30)14-15-29-28(2,3)24-19-21(32-4)11-13-27(24)31(29)16-17-33-29/h6-15,18-19H,5,16-17H2,1-4H3/b15-14+. The SMILES string of the molecule is CCn1c2ccccc2c2cc(/C=C/C34SCCN3c3ccc(OC)cc3C4(C)C)ccc21. The highest BCUT2D eigenvalue weighted by Crippen LogP contribution is 2.60. The molecule has 0 radical (unpaired) electrons. The number of nitrogens with zero attached hydrogens (tertiary/aromatic N) is 2. The summed E-state index contributed by atoms with van der Waals surface area (Å²) in [5.74, 6) is 2.08. The monoisotopic (exact) mass is 454 g/mol. The molecule has 33 heavy (non-hydrogen) atoms. The van der Waals surface area contributed by atoms with Gasteiger partial charge in [0.05, 0.1) is 7.11 Å². The summed E-state index contributed by atoms with van der Waals surface area (Å²) in [4.78, 5) is 2.51. The first-order valence-electron chi connectivity index (χ1n) is 11.8. The highest BCUT2D eigenvalue weighted by atomic mass is 32.2. The summed E-state index contributed by atoms with van der Waals surface area (Å²) in [6.45, 7) is 9.03. The van der Waals surface area contributed by atoms with Gasteiger partial charge in [0.1, 0.15) is 10.6 Å². The van der Waals surface area contributed by atoms with Crippen LogP contribution in [0.1, 0.15) is 31.9 Å². The molecule has 3 nitrogen and oxygen atoms in total. The fourth-order valence-corrected chi connectivity index (χ4v) is 7.56. The normalized spacial score (nSPS) is 21.3. The van der Waals surface area contributed by atoms with Crippen LogP contribution in [0.2, 0.25) is 0 Å². The molecule has 4 aromatic rings.